The summed E-state index contributed by atoms with van der Waals surface area (Å²) in [5, 5.41) is 7.08. The van der Waals surface area contributed by atoms with Gasteiger partial charge in [-0.3, -0.25) is 4.79 Å². The maximum atomic E-state index is 13.3. The number of carbonyl (C=O) groups excluding carboxylic acids is 1. The van der Waals surface area contributed by atoms with Crippen LogP contribution in [0.4, 0.5) is 0 Å². The number of ether oxygens (including phenoxy) is 2. The van der Waals surface area contributed by atoms with E-state index in [1.54, 1.807) is 7.11 Å². The Morgan fingerprint density at radius 1 is 1.14 bits per heavy atom. The van der Waals surface area contributed by atoms with Gasteiger partial charge in [0.05, 0.1) is 24.4 Å². The number of hydrogen-bond donors (Lipinski definition) is 1. The van der Waals surface area contributed by atoms with Gasteiger partial charge in [0.25, 0.3) is 5.91 Å². The minimum atomic E-state index is -0.229. The Morgan fingerprint density at radius 3 is 2.69 bits per heavy atom. The molecule has 0 aliphatic heterocycles. The lowest BCUT2D eigenvalue weighted by molar-refractivity contribution is 0.0939. The van der Waals surface area contributed by atoms with Crippen LogP contribution >= 0.6 is 11.3 Å². The van der Waals surface area contributed by atoms with Gasteiger partial charge in [0.2, 0.25) is 0 Å². The number of fused-ring (bicyclic) bond motifs is 1. The van der Waals surface area contributed by atoms with Gasteiger partial charge < -0.3 is 19.7 Å². The quantitative estimate of drug-likeness (QED) is 0.326. The molecular formula is C28H31N3O3S. The van der Waals surface area contributed by atoms with Crippen LogP contribution in [0.2, 0.25) is 0 Å². The first-order valence-electron chi connectivity index (χ1n) is 11.6. The smallest absolute Gasteiger partial charge is 0.252 e. The van der Waals surface area contributed by atoms with Gasteiger partial charge in [-0.15, -0.1) is 11.3 Å². The van der Waals surface area contributed by atoms with Crippen molar-refractivity contribution in [1.82, 2.24) is 15.2 Å². The minimum Gasteiger partial charge on any atom is -0.492 e. The van der Waals surface area contributed by atoms with Crippen molar-refractivity contribution in [3.05, 3.63) is 76.7 Å². The molecule has 0 aliphatic rings. The molecular weight excluding hydrogens is 458 g/mol. The molecule has 6 nitrogen and oxygen atoms in total. The first kappa shape index (κ1) is 24.7. The summed E-state index contributed by atoms with van der Waals surface area (Å²) < 4.78 is 11.2. The summed E-state index contributed by atoms with van der Waals surface area (Å²) in [6, 6.07) is 17.5. The molecule has 35 heavy (non-hydrogen) atoms. The molecule has 0 fully saturated rings. The van der Waals surface area contributed by atoms with E-state index in [1.807, 2.05) is 81.9 Å². The van der Waals surface area contributed by atoms with Crippen LogP contribution in [0.15, 0.2) is 60.0 Å². The van der Waals surface area contributed by atoms with Gasteiger partial charge in [-0.25, -0.2) is 4.98 Å². The van der Waals surface area contributed by atoms with E-state index in [-0.39, 0.29) is 11.9 Å². The van der Waals surface area contributed by atoms with Crippen molar-refractivity contribution < 1.29 is 14.3 Å². The normalized spacial score (nSPS) is 12.1. The maximum Gasteiger partial charge on any atom is 0.252 e. The number of aryl methyl sites for hydroxylation is 1. The average molecular weight is 490 g/mol. The molecule has 182 valence electrons. The SMILES string of the molecule is COc1cc(-c2cc([C@@H](C)NC(=O)c3cc(OCCN(C)C)ccc3C)c3ccccc3n2)cs1. The van der Waals surface area contributed by atoms with E-state index in [2.05, 4.69) is 16.3 Å². The molecule has 2 aromatic heterocycles. The molecule has 4 rings (SSSR count). The third-order valence-corrected chi connectivity index (χ3v) is 6.78. The van der Waals surface area contributed by atoms with E-state index in [4.69, 9.17) is 14.5 Å². The van der Waals surface area contributed by atoms with Crippen molar-refractivity contribution in [1.29, 1.82) is 0 Å². The summed E-state index contributed by atoms with van der Waals surface area (Å²) in [5.41, 5.74) is 5.27. The van der Waals surface area contributed by atoms with Gasteiger partial charge in [0.1, 0.15) is 12.4 Å². The number of hydrogen-bond acceptors (Lipinski definition) is 6. The van der Waals surface area contributed by atoms with Crippen LogP contribution in [0.1, 0.15) is 34.5 Å². The number of rotatable bonds is 9. The molecule has 2 heterocycles. The molecule has 0 radical (unpaired) electrons. The van der Waals surface area contributed by atoms with Gasteiger partial charge in [-0.1, -0.05) is 24.3 Å². The predicted molar refractivity (Wildman–Crippen MR) is 143 cm³/mol. The maximum absolute atomic E-state index is 13.3. The van der Waals surface area contributed by atoms with Crippen LogP contribution < -0.4 is 14.8 Å². The second kappa shape index (κ2) is 10.9. The van der Waals surface area contributed by atoms with Crippen molar-refractivity contribution in [2.24, 2.45) is 0 Å². The number of nitrogens with one attached hydrogen (secondary N) is 1. The van der Waals surface area contributed by atoms with Crippen LogP contribution in [0.25, 0.3) is 22.2 Å². The van der Waals surface area contributed by atoms with Crippen LogP contribution in [0, 0.1) is 6.92 Å². The summed E-state index contributed by atoms with van der Waals surface area (Å²) in [6.07, 6.45) is 0. The number of thiophene rings is 1. The van der Waals surface area contributed by atoms with Crippen molar-refractivity contribution in [3.63, 3.8) is 0 Å². The molecule has 0 bridgehead atoms. The van der Waals surface area contributed by atoms with Crippen molar-refractivity contribution >= 4 is 28.1 Å². The second-order valence-electron chi connectivity index (χ2n) is 8.80. The van der Waals surface area contributed by atoms with Gasteiger partial charge in [0.15, 0.2) is 5.06 Å². The van der Waals surface area contributed by atoms with Crippen LogP contribution in [-0.4, -0.2) is 50.1 Å². The lowest BCUT2D eigenvalue weighted by Crippen LogP contribution is -2.27. The lowest BCUT2D eigenvalue weighted by Gasteiger charge is -2.19. The zero-order valence-electron chi connectivity index (χ0n) is 20.8. The first-order valence-corrected chi connectivity index (χ1v) is 12.5. The van der Waals surface area contributed by atoms with Crippen molar-refractivity contribution in [2.75, 3.05) is 34.4 Å². The fraction of sp³-hybridized carbons (Fsp3) is 0.286. The number of benzene rings is 2. The Kier molecular flexibility index (Phi) is 7.68. The zero-order valence-corrected chi connectivity index (χ0v) is 21.6. The van der Waals surface area contributed by atoms with Crippen LogP contribution in [0.3, 0.4) is 0 Å². The molecule has 2 aromatic carbocycles. The molecule has 1 atom stereocenters. The highest BCUT2D eigenvalue weighted by atomic mass is 32.1. The van der Waals surface area contributed by atoms with Gasteiger partial charge in [-0.05, 0) is 63.3 Å². The largest absolute Gasteiger partial charge is 0.492 e. The molecule has 1 N–H and O–H groups in total. The number of pyridine rings is 1. The molecule has 0 saturated carbocycles. The van der Waals surface area contributed by atoms with Crippen LogP contribution in [0.5, 0.6) is 10.8 Å². The highest BCUT2D eigenvalue weighted by molar-refractivity contribution is 7.12. The number of aromatic nitrogens is 1. The third kappa shape index (κ3) is 5.81. The van der Waals surface area contributed by atoms with E-state index in [0.717, 1.165) is 44.9 Å². The monoisotopic (exact) mass is 489 g/mol. The molecule has 1 amide bonds. The number of nitrogens with zero attached hydrogens (tertiary/aromatic N) is 2. The fourth-order valence-electron chi connectivity index (χ4n) is 3.90. The summed E-state index contributed by atoms with van der Waals surface area (Å²) in [7, 11) is 5.67. The summed E-state index contributed by atoms with van der Waals surface area (Å²) in [5.74, 6) is 0.561. The van der Waals surface area contributed by atoms with E-state index in [1.165, 1.54) is 11.3 Å². The molecule has 7 heteroatoms. The number of carbonyl (C=O) groups is 1. The average Bonchev–Trinajstić information content (AvgIpc) is 3.33. The molecule has 0 aliphatic carbocycles. The van der Waals surface area contributed by atoms with E-state index in [9.17, 15) is 4.79 Å². The second-order valence-corrected chi connectivity index (χ2v) is 9.67. The lowest BCUT2D eigenvalue weighted by atomic mass is 9.99. The third-order valence-electron chi connectivity index (χ3n) is 5.90. The fourth-order valence-corrected chi connectivity index (χ4v) is 4.62. The van der Waals surface area contributed by atoms with Crippen molar-refractivity contribution in [2.45, 2.75) is 19.9 Å². The van der Waals surface area contributed by atoms with E-state index >= 15 is 0 Å². The molecule has 0 spiro atoms. The highest BCUT2D eigenvalue weighted by Crippen LogP contribution is 2.33. The minimum absolute atomic E-state index is 0.132. The van der Waals surface area contributed by atoms with Gasteiger partial charge >= 0.3 is 0 Å². The molecule has 4 aromatic rings. The Morgan fingerprint density at radius 2 is 1.94 bits per heavy atom. The topological polar surface area (TPSA) is 63.7 Å². The standard InChI is InChI=1S/C28H31N3O3S/c1-18-10-11-21(34-13-12-31(3)4)15-23(18)28(32)29-19(2)24-16-26(20-14-27(33-5)35-17-20)30-25-9-7-6-8-22(24)25/h6-11,14-17,19H,12-13H2,1-5H3,(H,29,32)/t19-/m1/s1. The highest BCUT2D eigenvalue weighted by Gasteiger charge is 2.18. The van der Waals surface area contributed by atoms with Crippen LogP contribution in [-0.2, 0) is 0 Å². The van der Waals surface area contributed by atoms with Crippen molar-refractivity contribution in [3.8, 4) is 22.1 Å². The summed E-state index contributed by atoms with van der Waals surface area (Å²) >= 11 is 1.54. The first-order chi connectivity index (χ1) is 16.9. The number of methoxy groups -OCH3 is 1. The Balaban J connectivity index is 1.61. The number of amides is 1. The molecule has 0 saturated heterocycles. The predicted octanol–water partition coefficient (Wildman–Crippen LogP) is 5.71. The zero-order chi connectivity index (χ0) is 24.9. The number of para-hydroxylation sites is 1. The van der Waals surface area contributed by atoms with E-state index < -0.39 is 0 Å². The molecule has 0 unspecified atom stereocenters. The van der Waals surface area contributed by atoms with E-state index in [0.29, 0.717) is 17.9 Å². The Labute approximate surface area is 210 Å². The Bertz CT molecular complexity index is 1330. The van der Waals surface area contributed by atoms with Gasteiger partial charge in [0, 0.05) is 34.5 Å². The Hall–Kier alpha value is -3.42. The van der Waals surface area contributed by atoms with Gasteiger partial charge in [-0.2, -0.15) is 0 Å². The summed E-state index contributed by atoms with van der Waals surface area (Å²) in [4.78, 5) is 20.2. The summed E-state index contributed by atoms with van der Waals surface area (Å²) in [6.45, 7) is 5.31. The number of likely N-dealkylation sites (N-methyl/N-ethyl adjacent to an activating group) is 1.